The summed E-state index contributed by atoms with van der Waals surface area (Å²) in [5.74, 6) is -0.612. The summed E-state index contributed by atoms with van der Waals surface area (Å²) in [6, 6.07) is 11.1. The van der Waals surface area contributed by atoms with Crippen LogP contribution in [0.4, 0.5) is 0 Å². The van der Waals surface area contributed by atoms with Crippen molar-refractivity contribution >= 4 is 44.7 Å². The number of amides is 2. The standard InChI is InChI=1S/C21H17N5O3S2/c27-18(12-24-16-6-1-2-7-17(16)31-21(24)29)25-9-4-10-26(25)20(28)15-13-30-19(23-15)14-5-3-8-22-11-14/h1-3,5-8,11,13H,4,9-10,12H2. The van der Waals surface area contributed by atoms with Gasteiger partial charge < -0.3 is 0 Å². The van der Waals surface area contributed by atoms with Gasteiger partial charge in [-0.15, -0.1) is 11.3 Å². The molecular formula is C21H17N5O3S2. The number of hydrogen-bond donors (Lipinski definition) is 0. The molecule has 0 spiro atoms. The molecule has 1 aliphatic rings. The highest BCUT2D eigenvalue weighted by Gasteiger charge is 2.33. The second kappa shape index (κ2) is 8.05. The predicted octanol–water partition coefficient (Wildman–Crippen LogP) is 2.87. The predicted molar refractivity (Wildman–Crippen MR) is 119 cm³/mol. The fourth-order valence-electron chi connectivity index (χ4n) is 3.59. The lowest BCUT2D eigenvalue weighted by Crippen LogP contribution is -2.46. The van der Waals surface area contributed by atoms with Crippen molar-refractivity contribution in [2.45, 2.75) is 13.0 Å². The fourth-order valence-corrected chi connectivity index (χ4v) is 5.26. The minimum atomic E-state index is -0.320. The maximum atomic E-state index is 13.1. The third kappa shape index (κ3) is 3.64. The maximum Gasteiger partial charge on any atom is 0.308 e. The van der Waals surface area contributed by atoms with E-state index in [1.807, 2.05) is 36.4 Å². The van der Waals surface area contributed by atoms with Crippen LogP contribution in [0.5, 0.6) is 0 Å². The van der Waals surface area contributed by atoms with Crippen LogP contribution in [0, 0.1) is 0 Å². The third-order valence-corrected chi connectivity index (χ3v) is 6.90. The highest BCUT2D eigenvalue weighted by molar-refractivity contribution is 7.16. The highest BCUT2D eigenvalue weighted by atomic mass is 32.1. The van der Waals surface area contributed by atoms with Crippen LogP contribution < -0.4 is 4.87 Å². The average Bonchev–Trinajstić information content (AvgIpc) is 3.53. The van der Waals surface area contributed by atoms with Crippen LogP contribution in [-0.2, 0) is 11.3 Å². The highest BCUT2D eigenvalue weighted by Crippen LogP contribution is 2.25. The van der Waals surface area contributed by atoms with Crippen molar-refractivity contribution in [3.8, 4) is 10.6 Å². The summed E-state index contributed by atoms with van der Waals surface area (Å²) in [6.07, 6.45) is 4.05. The summed E-state index contributed by atoms with van der Waals surface area (Å²) in [5.41, 5.74) is 1.86. The molecule has 0 unspecified atom stereocenters. The van der Waals surface area contributed by atoms with Gasteiger partial charge in [0.15, 0.2) is 0 Å². The summed E-state index contributed by atoms with van der Waals surface area (Å²) in [4.78, 5) is 46.8. The molecule has 3 aromatic heterocycles. The Morgan fingerprint density at radius 2 is 1.90 bits per heavy atom. The molecule has 4 heterocycles. The van der Waals surface area contributed by atoms with Gasteiger partial charge in [0.25, 0.3) is 11.8 Å². The number of rotatable bonds is 4. The molecule has 0 atom stereocenters. The Bertz CT molecular complexity index is 1330. The Morgan fingerprint density at radius 1 is 1.06 bits per heavy atom. The van der Waals surface area contributed by atoms with Crippen molar-refractivity contribution < 1.29 is 9.59 Å². The summed E-state index contributed by atoms with van der Waals surface area (Å²) >= 11 is 2.47. The molecular weight excluding hydrogens is 434 g/mol. The summed E-state index contributed by atoms with van der Waals surface area (Å²) in [5, 5.41) is 5.27. The van der Waals surface area contributed by atoms with E-state index < -0.39 is 0 Å². The Kier molecular flexibility index (Phi) is 5.08. The Labute approximate surface area is 185 Å². The van der Waals surface area contributed by atoms with Crippen LogP contribution in [0.1, 0.15) is 16.9 Å². The molecule has 0 N–H and O–H groups in total. The van der Waals surface area contributed by atoms with Gasteiger partial charge in [0.05, 0.1) is 10.2 Å². The molecule has 8 nitrogen and oxygen atoms in total. The minimum absolute atomic E-state index is 0.107. The molecule has 0 radical (unpaired) electrons. The largest absolute Gasteiger partial charge is 0.308 e. The lowest BCUT2D eigenvalue weighted by atomic mass is 10.3. The number of carbonyl (C=O) groups excluding carboxylic acids is 2. The van der Waals surface area contributed by atoms with E-state index in [0.717, 1.165) is 27.1 Å². The fraction of sp³-hybridized carbons (Fsp3) is 0.190. The molecule has 0 saturated carbocycles. The summed E-state index contributed by atoms with van der Waals surface area (Å²) in [6.45, 7) is 0.759. The van der Waals surface area contributed by atoms with E-state index in [0.29, 0.717) is 30.2 Å². The summed E-state index contributed by atoms with van der Waals surface area (Å²) < 4.78 is 2.30. The van der Waals surface area contributed by atoms with E-state index in [1.165, 1.54) is 25.9 Å². The molecule has 1 saturated heterocycles. The Hall–Kier alpha value is -3.37. The number of para-hydroxylation sites is 1. The van der Waals surface area contributed by atoms with Crippen molar-refractivity contribution in [3.05, 3.63) is 69.5 Å². The van der Waals surface area contributed by atoms with Crippen LogP contribution in [-0.4, -0.2) is 49.5 Å². The lowest BCUT2D eigenvalue weighted by molar-refractivity contribution is -0.141. The zero-order chi connectivity index (χ0) is 21.4. The van der Waals surface area contributed by atoms with E-state index in [-0.39, 0.29) is 23.2 Å². The topological polar surface area (TPSA) is 88.4 Å². The normalized spacial score (nSPS) is 13.8. The van der Waals surface area contributed by atoms with Crippen molar-refractivity contribution in [3.63, 3.8) is 0 Å². The van der Waals surface area contributed by atoms with Crippen LogP contribution in [0.2, 0.25) is 0 Å². The number of nitrogens with zero attached hydrogens (tertiary/aromatic N) is 5. The van der Waals surface area contributed by atoms with Crippen molar-refractivity contribution in [2.24, 2.45) is 0 Å². The first-order chi connectivity index (χ1) is 15.1. The quantitative estimate of drug-likeness (QED) is 0.476. The molecule has 5 rings (SSSR count). The number of benzene rings is 1. The zero-order valence-corrected chi connectivity index (χ0v) is 17.9. The zero-order valence-electron chi connectivity index (χ0n) is 16.3. The molecule has 156 valence electrons. The first-order valence-electron chi connectivity index (χ1n) is 9.68. The lowest BCUT2D eigenvalue weighted by Gasteiger charge is -2.27. The van der Waals surface area contributed by atoms with Gasteiger partial charge in [-0.1, -0.05) is 23.5 Å². The Morgan fingerprint density at radius 3 is 2.74 bits per heavy atom. The first-order valence-corrected chi connectivity index (χ1v) is 11.4. The number of carbonyl (C=O) groups is 2. The van der Waals surface area contributed by atoms with E-state index in [9.17, 15) is 14.4 Å². The van der Waals surface area contributed by atoms with Crippen LogP contribution in [0.15, 0.2) is 59.0 Å². The van der Waals surface area contributed by atoms with E-state index in [1.54, 1.807) is 17.8 Å². The van der Waals surface area contributed by atoms with E-state index >= 15 is 0 Å². The molecule has 1 fully saturated rings. The third-order valence-electron chi connectivity index (χ3n) is 5.05. The monoisotopic (exact) mass is 451 g/mol. The number of hydrazine groups is 1. The number of thiazole rings is 2. The van der Waals surface area contributed by atoms with Crippen LogP contribution in [0.25, 0.3) is 20.8 Å². The van der Waals surface area contributed by atoms with Gasteiger partial charge in [0.2, 0.25) is 0 Å². The van der Waals surface area contributed by atoms with Gasteiger partial charge in [-0.25, -0.2) is 15.0 Å². The molecule has 4 aromatic rings. The molecule has 1 aromatic carbocycles. The van der Waals surface area contributed by atoms with Crippen molar-refractivity contribution in [1.29, 1.82) is 0 Å². The van der Waals surface area contributed by atoms with Gasteiger partial charge in [0, 0.05) is 36.4 Å². The molecule has 0 aliphatic carbocycles. The van der Waals surface area contributed by atoms with E-state index in [2.05, 4.69) is 9.97 Å². The van der Waals surface area contributed by atoms with Crippen LogP contribution in [0.3, 0.4) is 0 Å². The molecule has 10 heteroatoms. The maximum absolute atomic E-state index is 13.1. The SMILES string of the molecule is O=C(Cn1c(=O)sc2ccccc21)N1CCCN1C(=O)c1csc(-c2cccnc2)n1. The van der Waals surface area contributed by atoms with Gasteiger partial charge >= 0.3 is 4.87 Å². The van der Waals surface area contributed by atoms with Gasteiger partial charge in [-0.3, -0.25) is 23.9 Å². The number of aromatic nitrogens is 3. The number of pyridine rings is 1. The minimum Gasteiger partial charge on any atom is -0.289 e. The summed E-state index contributed by atoms with van der Waals surface area (Å²) in [7, 11) is 0. The smallest absolute Gasteiger partial charge is 0.289 e. The number of hydrogen-bond acceptors (Lipinski definition) is 7. The first kappa shape index (κ1) is 19.6. The van der Waals surface area contributed by atoms with Gasteiger partial charge in [-0.2, -0.15) is 0 Å². The molecule has 0 bridgehead atoms. The van der Waals surface area contributed by atoms with Crippen molar-refractivity contribution in [1.82, 2.24) is 24.6 Å². The van der Waals surface area contributed by atoms with Gasteiger partial charge in [-0.05, 0) is 30.7 Å². The second-order valence-corrected chi connectivity index (χ2v) is 8.85. The Balaban J connectivity index is 1.36. The average molecular weight is 452 g/mol. The molecule has 2 amide bonds. The second-order valence-electron chi connectivity index (χ2n) is 7.00. The van der Waals surface area contributed by atoms with Gasteiger partial charge in [0.1, 0.15) is 17.2 Å². The number of fused-ring (bicyclic) bond motifs is 1. The van der Waals surface area contributed by atoms with Crippen LogP contribution >= 0.6 is 22.7 Å². The van der Waals surface area contributed by atoms with E-state index in [4.69, 9.17) is 0 Å². The molecule has 31 heavy (non-hydrogen) atoms. The molecule has 1 aliphatic heterocycles. The van der Waals surface area contributed by atoms with Crippen molar-refractivity contribution in [2.75, 3.05) is 13.1 Å².